The third-order valence-corrected chi connectivity index (χ3v) is 4.74. The molecule has 0 aliphatic heterocycles. The van der Waals surface area contributed by atoms with Crippen LogP contribution in [0.15, 0.2) is 35.5 Å². The van der Waals surface area contributed by atoms with E-state index in [0.29, 0.717) is 6.29 Å². The van der Waals surface area contributed by atoms with Crippen molar-refractivity contribution in [3.8, 4) is 0 Å². The number of benzene rings is 1. The quantitative estimate of drug-likeness (QED) is 0.245. The van der Waals surface area contributed by atoms with Crippen LogP contribution in [0.5, 0.6) is 0 Å². The zero-order valence-corrected chi connectivity index (χ0v) is 20.9. The van der Waals surface area contributed by atoms with Crippen LogP contribution in [0.3, 0.4) is 0 Å². The largest absolute Gasteiger partial charge is 0.402 e. The molecule has 1 atom stereocenters. The molecule has 0 fully saturated rings. The number of nitrogens with one attached hydrogen (secondary N) is 2. The van der Waals surface area contributed by atoms with Crippen molar-refractivity contribution in [3.63, 3.8) is 0 Å². The fourth-order valence-electron chi connectivity index (χ4n) is 2.86. The Morgan fingerprint density at radius 3 is 1.94 bits per heavy atom. The molecule has 0 amide bonds. The summed E-state index contributed by atoms with van der Waals surface area (Å²) in [4.78, 5) is 10.1. The minimum atomic E-state index is -0.314. The number of aryl methyl sites for hydroxylation is 1. The van der Waals surface area contributed by atoms with E-state index in [1.165, 1.54) is 12.0 Å². The van der Waals surface area contributed by atoms with Gasteiger partial charge in [0.05, 0.1) is 5.71 Å². The SMILES string of the molecule is CC.CCC.CCC(C)(C(=N)N)c1ccccc1C.CO.N=C(C=O)C1=C(N)CCC1. The van der Waals surface area contributed by atoms with Gasteiger partial charge in [-0.1, -0.05) is 65.3 Å². The molecule has 1 aromatic rings. The molecule has 1 aromatic carbocycles. The molecule has 6 nitrogen and oxygen atoms in total. The van der Waals surface area contributed by atoms with Gasteiger partial charge in [0.25, 0.3) is 0 Å². The van der Waals surface area contributed by atoms with Crippen molar-refractivity contribution < 1.29 is 9.90 Å². The molecule has 0 bridgehead atoms. The van der Waals surface area contributed by atoms with Gasteiger partial charge in [0.2, 0.25) is 0 Å². The van der Waals surface area contributed by atoms with E-state index >= 15 is 0 Å². The smallest absolute Gasteiger partial charge is 0.168 e. The van der Waals surface area contributed by atoms with E-state index < -0.39 is 0 Å². The molecule has 6 heteroatoms. The van der Waals surface area contributed by atoms with Crippen LogP contribution >= 0.6 is 0 Å². The van der Waals surface area contributed by atoms with Gasteiger partial charge in [0.15, 0.2) is 6.29 Å². The summed E-state index contributed by atoms with van der Waals surface area (Å²) >= 11 is 0. The van der Waals surface area contributed by atoms with E-state index in [-0.39, 0.29) is 17.0 Å². The molecular formula is C25H46N4O2. The van der Waals surface area contributed by atoms with Crippen molar-refractivity contribution in [2.24, 2.45) is 11.5 Å². The Kier molecular flexibility index (Phi) is 20.9. The van der Waals surface area contributed by atoms with Gasteiger partial charge in [-0.05, 0) is 56.2 Å². The number of carbonyl (C=O) groups is 1. The van der Waals surface area contributed by atoms with Gasteiger partial charge in [-0.25, -0.2) is 0 Å². The number of hydrogen-bond acceptors (Lipinski definition) is 5. The van der Waals surface area contributed by atoms with Crippen molar-refractivity contribution in [1.82, 2.24) is 0 Å². The summed E-state index contributed by atoms with van der Waals surface area (Å²) in [5.41, 5.74) is 14.8. The number of nitrogens with two attached hydrogens (primary N) is 2. The molecule has 0 radical (unpaired) electrons. The summed E-state index contributed by atoms with van der Waals surface area (Å²) in [6, 6.07) is 8.13. The topological polar surface area (TPSA) is 137 Å². The molecule has 1 aliphatic carbocycles. The first-order chi connectivity index (χ1) is 14.7. The molecule has 1 unspecified atom stereocenters. The number of carbonyl (C=O) groups excluding carboxylic acids is 1. The van der Waals surface area contributed by atoms with Gasteiger partial charge in [-0.3, -0.25) is 15.6 Å². The summed E-state index contributed by atoms with van der Waals surface area (Å²) in [6.07, 6.45) is 5.27. The van der Waals surface area contributed by atoms with E-state index in [9.17, 15) is 4.79 Å². The lowest BCUT2D eigenvalue weighted by Gasteiger charge is -2.28. The highest BCUT2D eigenvalue weighted by atomic mass is 16.2. The molecule has 0 spiro atoms. The van der Waals surface area contributed by atoms with Crippen molar-refractivity contribution in [3.05, 3.63) is 46.7 Å². The second kappa shape index (κ2) is 19.5. The Bertz CT molecular complexity index is 684. The maximum absolute atomic E-state index is 10.1. The third-order valence-electron chi connectivity index (χ3n) is 4.74. The number of aliphatic hydroxyl groups is 1. The second-order valence-electron chi connectivity index (χ2n) is 7.01. The van der Waals surface area contributed by atoms with Crippen LogP contribution in [0, 0.1) is 17.7 Å². The Hall–Kier alpha value is -2.47. The van der Waals surface area contributed by atoms with E-state index in [1.54, 1.807) is 0 Å². The lowest BCUT2D eigenvalue weighted by molar-refractivity contribution is -0.102. The van der Waals surface area contributed by atoms with Crippen LogP contribution in [0.25, 0.3) is 0 Å². The lowest BCUT2D eigenvalue weighted by Crippen LogP contribution is -2.37. The molecule has 0 saturated carbocycles. The lowest BCUT2D eigenvalue weighted by atomic mass is 9.77. The fourth-order valence-corrected chi connectivity index (χ4v) is 2.86. The van der Waals surface area contributed by atoms with E-state index in [4.69, 9.17) is 27.4 Å². The van der Waals surface area contributed by atoms with Crippen LogP contribution in [-0.4, -0.2) is 30.0 Å². The average molecular weight is 435 g/mol. The van der Waals surface area contributed by atoms with Gasteiger partial charge in [-0.2, -0.15) is 0 Å². The number of rotatable bonds is 5. The minimum absolute atomic E-state index is 0.0509. The molecule has 31 heavy (non-hydrogen) atoms. The molecule has 178 valence electrons. The van der Waals surface area contributed by atoms with Gasteiger partial charge in [-0.15, -0.1) is 0 Å². The van der Waals surface area contributed by atoms with Gasteiger partial charge in [0, 0.05) is 18.2 Å². The predicted molar refractivity (Wildman–Crippen MR) is 135 cm³/mol. The van der Waals surface area contributed by atoms with E-state index in [2.05, 4.69) is 39.8 Å². The average Bonchev–Trinajstić information content (AvgIpc) is 3.22. The Morgan fingerprint density at radius 2 is 1.61 bits per heavy atom. The summed E-state index contributed by atoms with van der Waals surface area (Å²) in [7, 11) is 1.00. The molecule has 0 saturated heterocycles. The fraction of sp³-hybridized carbons (Fsp3) is 0.560. The first-order valence-corrected chi connectivity index (χ1v) is 11.1. The number of hydrogen-bond donors (Lipinski definition) is 5. The molecule has 1 aliphatic rings. The summed E-state index contributed by atoms with van der Waals surface area (Å²) in [5.74, 6) is 0.245. The standard InChI is InChI=1S/C12H18N2.C7H10N2O.C3H8.C2H6.CH4O/c1-4-12(3,11(13)14)10-8-6-5-7-9(10)2;8-6-3-1-2-5(6)7(9)4-10;1-3-2;2*1-2/h5-8H,4H2,1-3H3,(H3,13,14);4,9H,1-3,8H2;3H2,1-2H3;1-2H3;2H,1H3. The van der Waals surface area contributed by atoms with Crippen molar-refractivity contribution in [2.45, 2.75) is 86.0 Å². The van der Waals surface area contributed by atoms with Gasteiger partial charge >= 0.3 is 0 Å². The second-order valence-corrected chi connectivity index (χ2v) is 7.01. The highest BCUT2D eigenvalue weighted by Gasteiger charge is 2.29. The number of allylic oxidation sites excluding steroid dienone is 2. The van der Waals surface area contributed by atoms with Gasteiger partial charge < -0.3 is 16.6 Å². The first-order valence-electron chi connectivity index (χ1n) is 11.1. The van der Waals surface area contributed by atoms with E-state index in [1.807, 2.05) is 32.9 Å². The highest BCUT2D eigenvalue weighted by molar-refractivity contribution is 6.34. The highest BCUT2D eigenvalue weighted by Crippen LogP contribution is 2.29. The van der Waals surface area contributed by atoms with Crippen LogP contribution < -0.4 is 11.5 Å². The van der Waals surface area contributed by atoms with Crippen molar-refractivity contribution in [2.75, 3.05) is 7.11 Å². The normalized spacial score (nSPS) is 13.3. The maximum atomic E-state index is 10.1. The summed E-state index contributed by atoms with van der Waals surface area (Å²) in [6.45, 7) is 14.4. The molecule has 0 heterocycles. The zero-order valence-electron chi connectivity index (χ0n) is 20.9. The first kappa shape index (κ1) is 33.2. The molecular weight excluding hydrogens is 388 g/mol. The Morgan fingerprint density at radius 1 is 1.13 bits per heavy atom. The van der Waals surface area contributed by atoms with Crippen LogP contribution in [0.4, 0.5) is 0 Å². The van der Waals surface area contributed by atoms with Crippen molar-refractivity contribution in [1.29, 1.82) is 10.8 Å². The van der Waals surface area contributed by atoms with Crippen LogP contribution in [-0.2, 0) is 10.2 Å². The van der Waals surface area contributed by atoms with Crippen molar-refractivity contribution >= 4 is 17.8 Å². The maximum Gasteiger partial charge on any atom is 0.168 e. The molecule has 2 rings (SSSR count). The monoisotopic (exact) mass is 434 g/mol. The summed E-state index contributed by atoms with van der Waals surface area (Å²) in [5, 5.41) is 21.8. The number of aliphatic hydroxyl groups excluding tert-OH is 1. The molecule has 0 aromatic heterocycles. The van der Waals surface area contributed by atoms with E-state index in [0.717, 1.165) is 49.6 Å². The number of aldehydes is 1. The predicted octanol–water partition coefficient (Wildman–Crippen LogP) is 5.25. The van der Waals surface area contributed by atoms with Crippen LogP contribution in [0.2, 0.25) is 0 Å². The Balaban J connectivity index is -0.000000403. The number of amidine groups is 1. The minimum Gasteiger partial charge on any atom is -0.402 e. The third kappa shape index (κ3) is 11.5. The van der Waals surface area contributed by atoms with Crippen LogP contribution in [0.1, 0.15) is 84.8 Å². The molecule has 7 N–H and O–H groups in total. The Labute approximate surface area is 190 Å². The summed E-state index contributed by atoms with van der Waals surface area (Å²) < 4.78 is 0. The van der Waals surface area contributed by atoms with Gasteiger partial charge in [0.1, 0.15) is 5.84 Å². The zero-order chi connectivity index (χ0) is 25.0.